The van der Waals surface area contributed by atoms with Crippen LogP contribution in [0.15, 0.2) is 24.3 Å². The number of hydrogen-bond acceptors (Lipinski definition) is 3. The van der Waals surface area contributed by atoms with E-state index in [1.54, 1.807) is 13.2 Å². The van der Waals surface area contributed by atoms with E-state index in [-0.39, 0.29) is 6.61 Å². The molecule has 0 bridgehead atoms. The van der Waals surface area contributed by atoms with Gasteiger partial charge in [-0.15, -0.1) is 0 Å². The van der Waals surface area contributed by atoms with Gasteiger partial charge in [0.05, 0.1) is 0 Å². The zero-order valence-corrected chi connectivity index (χ0v) is 10.7. The van der Waals surface area contributed by atoms with E-state index < -0.39 is 14.3 Å². The maximum Gasteiger partial charge on any atom is 0.341 e. The molecule has 1 aromatic rings. The Morgan fingerprint density at radius 2 is 2.00 bits per heavy atom. The predicted molar refractivity (Wildman–Crippen MR) is 63.7 cm³/mol. The first-order chi connectivity index (χ1) is 7.47. The van der Waals surface area contributed by atoms with Crippen molar-refractivity contribution in [3.63, 3.8) is 0 Å². The SMILES string of the molecule is CO[Si](C)(C)c1ccccc1OCC(=O)O. The summed E-state index contributed by atoms with van der Waals surface area (Å²) in [6, 6.07) is 7.41. The van der Waals surface area contributed by atoms with Gasteiger partial charge in [0, 0.05) is 12.3 Å². The van der Waals surface area contributed by atoms with E-state index in [4.69, 9.17) is 14.3 Å². The standard InChI is InChI=1S/C11H16O4Si/c1-14-16(2,3)10-7-5-4-6-9(10)15-8-11(12)13/h4-7H,8H2,1-3H3,(H,12,13). The van der Waals surface area contributed by atoms with E-state index in [0.717, 1.165) is 5.19 Å². The van der Waals surface area contributed by atoms with Gasteiger partial charge in [-0.25, -0.2) is 4.79 Å². The van der Waals surface area contributed by atoms with Gasteiger partial charge in [0.25, 0.3) is 0 Å². The first-order valence-corrected chi connectivity index (χ1v) is 7.87. The molecule has 16 heavy (non-hydrogen) atoms. The second-order valence-corrected chi connectivity index (χ2v) is 7.86. The molecule has 0 radical (unpaired) electrons. The van der Waals surface area contributed by atoms with Crippen molar-refractivity contribution in [2.75, 3.05) is 13.7 Å². The average Bonchev–Trinajstić information content (AvgIpc) is 2.26. The Bertz CT molecular complexity index is 376. The number of aliphatic carboxylic acids is 1. The lowest BCUT2D eigenvalue weighted by atomic mass is 10.3. The Morgan fingerprint density at radius 3 is 2.56 bits per heavy atom. The number of ether oxygens (including phenoxy) is 1. The monoisotopic (exact) mass is 240 g/mol. The molecule has 0 unspecified atom stereocenters. The second kappa shape index (κ2) is 5.13. The molecule has 1 N–H and O–H groups in total. The summed E-state index contributed by atoms with van der Waals surface area (Å²) < 4.78 is 10.7. The van der Waals surface area contributed by atoms with Gasteiger partial charge in [-0.2, -0.15) is 0 Å². The molecule has 0 amide bonds. The van der Waals surface area contributed by atoms with Crippen LogP contribution in [0.2, 0.25) is 13.1 Å². The van der Waals surface area contributed by atoms with Gasteiger partial charge in [-0.3, -0.25) is 0 Å². The molecule has 88 valence electrons. The normalized spacial score (nSPS) is 11.2. The Kier molecular flexibility index (Phi) is 4.09. The average molecular weight is 240 g/mol. The first kappa shape index (κ1) is 12.7. The minimum atomic E-state index is -1.99. The van der Waals surface area contributed by atoms with Gasteiger partial charge in [0.15, 0.2) is 6.61 Å². The van der Waals surface area contributed by atoms with Crippen molar-refractivity contribution >= 4 is 19.5 Å². The molecule has 0 aliphatic carbocycles. The Balaban J connectivity index is 2.96. The van der Waals surface area contributed by atoms with E-state index in [9.17, 15) is 4.79 Å². The van der Waals surface area contributed by atoms with Crippen molar-refractivity contribution in [3.05, 3.63) is 24.3 Å². The fourth-order valence-electron chi connectivity index (χ4n) is 1.34. The summed E-state index contributed by atoms with van der Waals surface area (Å²) in [6.07, 6.45) is 0. The van der Waals surface area contributed by atoms with Crippen molar-refractivity contribution in [1.82, 2.24) is 0 Å². The number of carbonyl (C=O) groups is 1. The van der Waals surface area contributed by atoms with Gasteiger partial charge in [0.2, 0.25) is 8.32 Å². The summed E-state index contributed by atoms with van der Waals surface area (Å²) >= 11 is 0. The third kappa shape index (κ3) is 3.08. The summed E-state index contributed by atoms with van der Waals surface area (Å²) in [5.41, 5.74) is 0. The van der Waals surface area contributed by atoms with Gasteiger partial charge < -0.3 is 14.3 Å². The molecule has 0 aromatic heterocycles. The van der Waals surface area contributed by atoms with Crippen LogP contribution in [0.4, 0.5) is 0 Å². The van der Waals surface area contributed by atoms with Gasteiger partial charge in [-0.1, -0.05) is 18.2 Å². The predicted octanol–water partition coefficient (Wildman–Crippen LogP) is 1.21. The van der Waals surface area contributed by atoms with E-state index in [2.05, 4.69) is 0 Å². The first-order valence-electron chi connectivity index (χ1n) is 4.96. The van der Waals surface area contributed by atoms with Crippen LogP contribution in [0.3, 0.4) is 0 Å². The summed E-state index contributed by atoms with van der Waals surface area (Å²) in [5, 5.41) is 9.55. The van der Waals surface area contributed by atoms with Crippen LogP contribution in [-0.4, -0.2) is 33.1 Å². The van der Waals surface area contributed by atoms with Gasteiger partial charge >= 0.3 is 5.97 Å². The fourth-order valence-corrected chi connectivity index (χ4v) is 2.81. The Morgan fingerprint density at radius 1 is 1.38 bits per heavy atom. The number of benzene rings is 1. The Hall–Kier alpha value is -1.33. The van der Waals surface area contributed by atoms with Crippen molar-refractivity contribution in [3.8, 4) is 5.75 Å². The van der Waals surface area contributed by atoms with E-state index >= 15 is 0 Å². The molecular formula is C11H16O4Si. The van der Waals surface area contributed by atoms with Crippen molar-refractivity contribution in [2.24, 2.45) is 0 Å². The fraction of sp³-hybridized carbons (Fsp3) is 0.364. The van der Waals surface area contributed by atoms with Crippen LogP contribution in [-0.2, 0) is 9.22 Å². The third-order valence-corrected chi connectivity index (χ3v) is 5.13. The number of carboxylic acids is 1. The second-order valence-electron chi connectivity index (χ2n) is 3.89. The molecular weight excluding hydrogens is 224 g/mol. The number of para-hydroxylation sites is 1. The van der Waals surface area contributed by atoms with Crippen LogP contribution < -0.4 is 9.92 Å². The molecule has 0 saturated carbocycles. The van der Waals surface area contributed by atoms with Crippen LogP contribution >= 0.6 is 0 Å². The highest BCUT2D eigenvalue weighted by atomic mass is 28.4. The highest BCUT2D eigenvalue weighted by Gasteiger charge is 2.27. The van der Waals surface area contributed by atoms with Crippen LogP contribution in [0, 0.1) is 0 Å². The molecule has 1 rings (SSSR count). The molecule has 0 spiro atoms. The molecule has 0 atom stereocenters. The lowest BCUT2D eigenvalue weighted by molar-refractivity contribution is -0.139. The van der Waals surface area contributed by atoms with Crippen LogP contribution in [0.1, 0.15) is 0 Å². The lowest BCUT2D eigenvalue weighted by Crippen LogP contribution is -2.44. The van der Waals surface area contributed by atoms with E-state index in [1.807, 2.05) is 31.3 Å². The highest BCUT2D eigenvalue weighted by molar-refractivity contribution is 6.85. The van der Waals surface area contributed by atoms with Crippen LogP contribution in [0.25, 0.3) is 0 Å². The highest BCUT2D eigenvalue weighted by Crippen LogP contribution is 2.14. The molecule has 0 aliphatic heterocycles. The minimum absolute atomic E-state index is 0.328. The van der Waals surface area contributed by atoms with Crippen molar-refractivity contribution in [1.29, 1.82) is 0 Å². The topological polar surface area (TPSA) is 55.8 Å². The number of rotatable bonds is 5. The number of hydrogen-bond donors (Lipinski definition) is 1. The summed E-state index contributed by atoms with van der Waals surface area (Å²) in [5.74, 6) is -0.380. The largest absolute Gasteiger partial charge is 0.482 e. The zero-order valence-electron chi connectivity index (χ0n) is 9.69. The molecule has 5 heteroatoms. The summed E-state index contributed by atoms with van der Waals surface area (Å²) in [6.45, 7) is 3.75. The van der Waals surface area contributed by atoms with Gasteiger partial charge in [-0.05, 0) is 19.2 Å². The number of carboxylic acid groups (broad SMARTS) is 1. The van der Waals surface area contributed by atoms with Crippen molar-refractivity contribution in [2.45, 2.75) is 13.1 Å². The summed E-state index contributed by atoms with van der Waals surface area (Å²) in [7, 11) is -0.321. The molecule has 0 heterocycles. The minimum Gasteiger partial charge on any atom is -0.482 e. The summed E-state index contributed by atoms with van der Waals surface area (Å²) in [4.78, 5) is 10.5. The lowest BCUT2D eigenvalue weighted by Gasteiger charge is -2.23. The maximum atomic E-state index is 10.5. The zero-order chi connectivity index (χ0) is 12.2. The molecule has 0 fully saturated rings. The molecule has 0 aliphatic rings. The molecule has 0 saturated heterocycles. The van der Waals surface area contributed by atoms with Crippen LogP contribution in [0.5, 0.6) is 5.75 Å². The van der Waals surface area contributed by atoms with Crippen molar-refractivity contribution < 1.29 is 19.1 Å². The molecule has 1 aromatic carbocycles. The van der Waals surface area contributed by atoms with Gasteiger partial charge in [0.1, 0.15) is 5.75 Å². The smallest absolute Gasteiger partial charge is 0.341 e. The Labute approximate surface area is 95.9 Å². The third-order valence-electron chi connectivity index (χ3n) is 2.40. The molecule has 4 nitrogen and oxygen atoms in total. The maximum absolute atomic E-state index is 10.5. The van der Waals surface area contributed by atoms with E-state index in [0.29, 0.717) is 5.75 Å². The quantitative estimate of drug-likeness (QED) is 0.786. The van der Waals surface area contributed by atoms with E-state index in [1.165, 1.54) is 0 Å².